The zero-order valence-electron chi connectivity index (χ0n) is 13.7. The van der Waals surface area contributed by atoms with E-state index in [4.69, 9.17) is 16.3 Å². The Bertz CT molecular complexity index is 490. The first-order valence-electron chi connectivity index (χ1n) is 7.78. The largest absolute Gasteiger partial charge is 0.369 e. The molecule has 1 fully saturated rings. The Morgan fingerprint density at radius 2 is 2.19 bits per heavy atom. The average Bonchev–Trinajstić information content (AvgIpc) is 2.36. The molecule has 1 heterocycles. The molecule has 1 saturated heterocycles. The van der Waals surface area contributed by atoms with Crippen molar-refractivity contribution < 1.29 is 4.74 Å². The molecule has 0 aliphatic carbocycles. The Balaban J connectivity index is 2.20. The van der Waals surface area contributed by atoms with Crippen molar-refractivity contribution in [2.75, 3.05) is 24.5 Å². The zero-order chi connectivity index (χ0) is 15.6. The second-order valence-electron chi connectivity index (χ2n) is 6.56. The van der Waals surface area contributed by atoms with Crippen LogP contribution in [0.2, 0.25) is 5.02 Å². The van der Waals surface area contributed by atoms with Crippen molar-refractivity contribution in [2.45, 2.75) is 52.4 Å². The van der Waals surface area contributed by atoms with Gasteiger partial charge in [0.2, 0.25) is 0 Å². The predicted octanol–water partition coefficient (Wildman–Crippen LogP) is 4.01. The van der Waals surface area contributed by atoms with Crippen LogP contribution in [0, 0.1) is 0 Å². The van der Waals surface area contributed by atoms with Crippen LogP contribution in [0.5, 0.6) is 0 Å². The van der Waals surface area contributed by atoms with E-state index in [1.807, 2.05) is 0 Å². The summed E-state index contributed by atoms with van der Waals surface area (Å²) in [5, 5.41) is 4.24. The molecule has 1 N–H and O–H groups in total. The lowest BCUT2D eigenvalue weighted by atomic mass is 10.0. The van der Waals surface area contributed by atoms with Crippen LogP contribution in [0.15, 0.2) is 18.2 Å². The Morgan fingerprint density at radius 3 is 2.76 bits per heavy atom. The molecule has 2 rings (SSSR count). The summed E-state index contributed by atoms with van der Waals surface area (Å²) in [5.41, 5.74) is 2.19. The maximum atomic E-state index is 6.54. The highest BCUT2D eigenvalue weighted by molar-refractivity contribution is 6.33. The minimum atomic E-state index is -0.142. The molecular formula is C17H27ClN2O. The molecule has 1 aromatic rings. The van der Waals surface area contributed by atoms with Crippen LogP contribution < -0.4 is 10.2 Å². The number of nitrogens with zero attached hydrogens (tertiary/aromatic N) is 1. The zero-order valence-corrected chi connectivity index (χ0v) is 14.5. The normalized spacial score (nSPS) is 23.1. The van der Waals surface area contributed by atoms with Gasteiger partial charge in [-0.3, -0.25) is 0 Å². The lowest BCUT2D eigenvalue weighted by Gasteiger charge is -2.43. The van der Waals surface area contributed by atoms with Crippen molar-refractivity contribution in [3.8, 4) is 0 Å². The number of hydrogen-bond donors (Lipinski definition) is 1. The lowest BCUT2D eigenvalue weighted by Crippen LogP contribution is -2.52. The molecule has 2 unspecified atom stereocenters. The van der Waals surface area contributed by atoms with E-state index in [0.29, 0.717) is 6.04 Å². The summed E-state index contributed by atoms with van der Waals surface area (Å²) in [7, 11) is 0. The highest BCUT2D eigenvalue weighted by Gasteiger charge is 2.32. The number of rotatable bonds is 4. The summed E-state index contributed by atoms with van der Waals surface area (Å²) in [6, 6.07) is 6.71. The standard InChI is InChI=1S/C17H27ClN2O/c1-6-19-13(3)14-7-8-16(15(18)9-14)20-10-12(2)21-17(4,5)11-20/h7-9,12-13,19H,6,10-11H2,1-5H3. The van der Waals surface area contributed by atoms with E-state index in [1.54, 1.807) is 0 Å². The van der Waals surface area contributed by atoms with Crippen LogP contribution in [0.4, 0.5) is 5.69 Å². The Labute approximate surface area is 133 Å². The van der Waals surface area contributed by atoms with Gasteiger partial charge < -0.3 is 15.0 Å². The van der Waals surface area contributed by atoms with Gasteiger partial charge in [-0.05, 0) is 51.9 Å². The first kappa shape index (κ1) is 16.6. The van der Waals surface area contributed by atoms with E-state index >= 15 is 0 Å². The monoisotopic (exact) mass is 310 g/mol. The molecular weight excluding hydrogens is 284 g/mol. The number of morpholine rings is 1. The fraction of sp³-hybridized carbons (Fsp3) is 0.647. The molecule has 0 amide bonds. The predicted molar refractivity (Wildman–Crippen MR) is 90.4 cm³/mol. The number of benzene rings is 1. The maximum Gasteiger partial charge on any atom is 0.0805 e. The minimum absolute atomic E-state index is 0.142. The van der Waals surface area contributed by atoms with Gasteiger partial charge in [0, 0.05) is 19.1 Å². The van der Waals surface area contributed by atoms with Gasteiger partial charge in [0.25, 0.3) is 0 Å². The fourth-order valence-electron chi connectivity index (χ4n) is 3.11. The molecule has 1 aliphatic heterocycles. The molecule has 0 aromatic heterocycles. The van der Waals surface area contributed by atoms with E-state index in [2.05, 4.69) is 63.0 Å². The summed E-state index contributed by atoms with van der Waals surface area (Å²) in [6.45, 7) is 13.3. The van der Waals surface area contributed by atoms with Gasteiger partial charge in [0.05, 0.1) is 22.4 Å². The van der Waals surface area contributed by atoms with Gasteiger partial charge in [-0.15, -0.1) is 0 Å². The van der Waals surface area contributed by atoms with Crippen molar-refractivity contribution in [1.82, 2.24) is 5.32 Å². The molecule has 118 valence electrons. The molecule has 4 heteroatoms. The molecule has 3 nitrogen and oxygen atoms in total. The van der Waals surface area contributed by atoms with E-state index in [9.17, 15) is 0 Å². The molecule has 0 bridgehead atoms. The summed E-state index contributed by atoms with van der Waals surface area (Å²) < 4.78 is 5.96. The third kappa shape index (κ3) is 4.12. The van der Waals surface area contributed by atoms with Gasteiger partial charge in [0.1, 0.15) is 0 Å². The molecule has 2 atom stereocenters. The van der Waals surface area contributed by atoms with Crippen LogP contribution >= 0.6 is 11.6 Å². The fourth-order valence-corrected chi connectivity index (χ4v) is 3.42. The van der Waals surface area contributed by atoms with Crippen LogP contribution in [0.25, 0.3) is 0 Å². The van der Waals surface area contributed by atoms with Crippen molar-refractivity contribution in [1.29, 1.82) is 0 Å². The summed E-state index contributed by atoms with van der Waals surface area (Å²) in [6.07, 6.45) is 0.213. The van der Waals surface area contributed by atoms with Crippen LogP contribution in [0.1, 0.15) is 46.2 Å². The Kier molecular flexibility index (Phi) is 5.18. The van der Waals surface area contributed by atoms with Crippen molar-refractivity contribution in [3.05, 3.63) is 28.8 Å². The second-order valence-corrected chi connectivity index (χ2v) is 6.97. The second kappa shape index (κ2) is 6.55. The van der Waals surface area contributed by atoms with E-state index in [-0.39, 0.29) is 11.7 Å². The first-order chi connectivity index (χ1) is 9.82. The Morgan fingerprint density at radius 1 is 1.48 bits per heavy atom. The van der Waals surface area contributed by atoms with Gasteiger partial charge >= 0.3 is 0 Å². The lowest BCUT2D eigenvalue weighted by molar-refractivity contribution is -0.0749. The number of hydrogen-bond acceptors (Lipinski definition) is 3. The molecule has 1 aromatic carbocycles. The Hall–Kier alpha value is -0.770. The van der Waals surface area contributed by atoms with E-state index in [0.717, 1.165) is 30.3 Å². The van der Waals surface area contributed by atoms with E-state index in [1.165, 1.54) is 5.56 Å². The molecule has 0 saturated carbocycles. The maximum absolute atomic E-state index is 6.54. The number of nitrogens with one attached hydrogen (secondary N) is 1. The smallest absolute Gasteiger partial charge is 0.0805 e. The van der Waals surface area contributed by atoms with E-state index < -0.39 is 0 Å². The van der Waals surface area contributed by atoms with Crippen molar-refractivity contribution >= 4 is 17.3 Å². The van der Waals surface area contributed by atoms with Crippen LogP contribution in [-0.4, -0.2) is 31.3 Å². The molecule has 21 heavy (non-hydrogen) atoms. The molecule has 0 radical (unpaired) electrons. The number of ether oxygens (including phenoxy) is 1. The highest BCUT2D eigenvalue weighted by atomic mass is 35.5. The van der Waals surface area contributed by atoms with Crippen molar-refractivity contribution in [2.24, 2.45) is 0 Å². The number of halogens is 1. The van der Waals surface area contributed by atoms with Gasteiger partial charge in [0.15, 0.2) is 0 Å². The first-order valence-corrected chi connectivity index (χ1v) is 8.16. The van der Waals surface area contributed by atoms with Gasteiger partial charge in [-0.2, -0.15) is 0 Å². The van der Waals surface area contributed by atoms with Crippen LogP contribution in [-0.2, 0) is 4.74 Å². The summed E-state index contributed by atoms with van der Waals surface area (Å²) >= 11 is 6.54. The quantitative estimate of drug-likeness (QED) is 0.909. The molecule has 1 aliphatic rings. The average molecular weight is 311 g/mol. The number of anilines is 1. The van der Waals surface area contributed by atoms with Crippen molar-refractivity contribution in [3.63, 3.8) is 0 Å². The summed E-state index contributed by atoms with van der Waals surface area (Å²) in [4.78, 5) is 2.33. The third-order valence-electron chi connectivity index (χ3n) is 3.89. The third-order valence-corrected chi connectivity index (χ3v) is 4.19. The van der Waals surface area contributed by atoms with Crippen LogP contribution in [0.3, 0.4) is 0 Å². The topological polar surface area (TPSA) is 24.5 Å². The minimum Gasteiger partial charge on any atom is -0.369 e. The summed E-state index contributed by atoms with van der Waals surface area (Å²) in [5.74, 6) is 0. The SMILES string of the molecule is CCNC(C)c1ccc(N2CC(C)OC(C)(C)C2)c(Cl)c1. The van der Waals surface area contributed by atoms with Gasteiger partial charge in [-0.25, -0.2) is 0 Å². The van der Waals surface area contributed by atoms with Gasteiger partial charge in [-0.1, -0.05) is 24.6 Å². The molecule has 0 spiro atoms. The highest BCUT2D eigenvalue weighted by Crippen LogP contribution is 2.33.